The van der Waals surface area contributed by atoms with Crippen molar-refractivity contribution in [1.29, 1.82) is 0 Å². The molecular weight excluding hydrogens is 635 g/mol. The van der Waals surface area contributed by atoms with E-state index in [9.17, 15) is 31.2 Å². The van der Waals surface area contributed by atoms with E-state index in [2.05, 4.69) is 4.98 Å². The zero-order valence-corrected chi connectivity index (χ0v) is 26.6. The summed E-state index contributed by atoms with van der Waals surface area (Å²) in [6.45, 7) is 0.241. The SMILES string of the molecule is COc1ccc(-c2cccc(C(=O)N(C)C)c2)cc1S(=O)(=O)Cc1cccc(O[C@H]2CCN(C(=O)c3cccnc3C(F)(F)F)C2)c1. The highest BCUT2D eigenvalue weighted by molar-refractivity contribution is 7.90. The highest BCUT2D eigenvalue weighted by Gasteiger charge is 2.39. The molecule has 0 unspecified atom stereocenters. The summed E-state index contributed by atoms with van der Waals surface area (Å²) in [5.74, 6) is -0.823. The molecule has 0 spiro atoms. The number of carbonyl (C=O) groups is 2. The predicted molar refractivity (Wildman–Crippen MR) is 168 cm³/mol. The highest BCUT2D eigenvalue weighted by atomic mass is 32.2. The molecule has 5 rings (SSSR count). The van der Waals surface area contributed by atoms with E-state index in [4.69, 9.17) is 9.47 Å². The number of aromatic nitrogens is 1. The number of benzene rings is 3. The molecule has 13 heteroatoms. The number of alkyl halides is 3. The van der Waals surface area contributed by atoms with E-state index in [-0.39, 0.29) is 35.4 Å². The molecule has 2 amide bonds. The number of pyridine rings is 1. The Kier molecular flexibility index (Phi) is 9.57. The second-order valence-electron chi connectivity index (χ2n) is 11.2. The van der Waals surface area contributed by atoms with Crippen LogP contribution in [0.1, 0.15) is 38.4 Å². The maximum atomic E-state index is 13.7. The summed E-state index contributed by atoms with van der Waals surface area (Å²) in [5.41, 5.74) is 0.380. The molecule has 1 atom stereocenters. The van der Waals surface area contributed by atoms with Crippen molar-refractivity contribution in [3.63, 3.8) is 0 Å². The average Bonchev–Trinajstić information content (AvgIpc) is 3.51. The molecule has 1 saturated heterocycles. The number of likely N-dealkylation sites (tertiary alicyclic amines) is 1. The fraction of sp³-hybridized carbons (Fsp3) is 0.265. The van der Waals surface area contributed by atoms with Crippen LogP contribution in [0.3, 0.4) is 0 Å². The van der Waals surface area contributed by atoms with Crippen LogP contribution in [-0.2, 0) is 21.8 Å². The van der Waals surface area contributed by atoms with Crippen LogP contribution in [0.25, 0.3) is 11.1 Å². The molecule has 1 aliphatic heterocycles. The summed E-state index contributed by atoms with van der Waals surface area (Å²) in [7, 11) is 0.736. The zero-order chi connectivity index (χ0) is 33.9. The second kappa shape index (κ2) is 13.4. The van der Waals surface area contributed by atoms with Crippen LogP contribution in [0.5, 0.6) is 11.5 Å². The topological polar surface area (TPSA) is 106 Å². The Hall–Kier alpha value is -4.91. The Labute approximate surface area is 270 Å². The molecular formula is C34H32F3N3O6S. The summed E-state index contributed by atoms with van der Waals surface area (Å²) < 4.78 is 79.1. The number of hydrogen-bond donors (Lipinski definition) is 0. The van der Waals surface area contributed by atoms with Crippen molar-refractivity contribution in [2.75, 3.05) is 34.3 Å². The van der Waals surface area contributed by atoms with Gasteiger partial charge in [-0.3, -0.25) is 14.6 Å². The summed E-state index contributed by atoms with van der Waals surface area (Å²) in [4.78, 5) is 31.5. The third kappa shape index (κ3) is 7.57. The number of nitrogens with zero attached hydrogens (tertiary/aromatic N) is 3. The van der Waals surface area contributed by atoms with Gasteiger partial charge >= 0.3 is 6.18 Å². The number of hydrogen-bond acceptors (Lipinski definition) is 7. The van der Waals surface area contributed by atoms with Gasteiger partial charge in [0, 0.05) is 38.8 Å². The van der Waals surface area contributed by atoms with Crippen molar-refractivity contribution in [3.05, 3.63) is 107 Å². The van der Waals surface area contributed by atoms with Gasteiger partial charge in [0.05, 0.1) is 25.0 Å². The van der Waals surface area contributed by atoms with Crippen LogP contribution >= 0.6 is 0 Å². The molecule has 1 aliphatic rings. The molecule has 2 heterocycles. The fourth-order valence-electron chi connectivity index (χ4n) is 5.37. The Balaban J connectivity index is 1.31. The van der Waals surface area contributed by atoms with Gasteiger partial charge in [0.1, 0.15) is 22.5 Å². The Morgan fingerprint density at radius 1 is 0.979 bits per heavy atom. The lowest BCUT2D eigenvalue weighted by molar-refractivity contribution is -0.141. The number of sulfone groups is 1. The molecule has 246 valence electrons. The minimum atomic E-state index is -4.77. The predicted octanol–water partition coefficient (Wildman–Crippen LogP) is 5.75. The lowest BCUT2D eigenvalue weighted by atomic mass is 10.0. The Morgan fingerprint density at radius 2 is 1.72 bits per heavy atom. The van der Waals surface area contributed by atoms with Crippen molar-refractivity contribution in [2.24, 2.45) is 0 Å². The minimum Gasteiger partial charge on any atom is -0.495 e. The number of amides is 2. The molecule has 47 heavy (non-hydrogen) atoms. The first kappa shape index (κ1) is 33.5. The quantitative estimate of drug-likeness (QED) is 0.224. The molecule has 0 aliphatic carbocycles. The number of rotatable bonds is 9. The van der Waals surface area contributed by atoms with E-state index < -0.39 is 39.3 Å². The van der Waals surface area contributed by atoms with Gasteiger partial charge in [0.15, 0.2) is 15.5 Å². The third-order valence-electron chi connectivity index (χ3n) is 7.64. The first-order chi connectivity index (χ1) is 22.3. The number of ether oxygens (including phenoxy) is 2. The van der Waals surface area contributed by atoms with Gasteiger partial charge in [-0.2, -0.15) is 13.2 Å². The number of halogens is 3. The smallest absolute Gasteiger partial charge is 0.434 e. The largest absolute Gasteiger partial charge is 0.495 e. The average molecular weight is 668 g/mol. The molecule has 1 fully saturated rings. The van der Waals surface area contributed by atoms with Gasteiger partial charge in [-0.15, -0.1) is 0 Å². The summed E-state index contributed by atoms with van der Waals surface area (Å²) in [6, 6.07) is 20.6. The van der Waals surface area contributed by atoms with Gasteiger partial charge in [0.25, 0.3) is 11.8 Å². The monoisotopic (exact) mass is 667 g/mol. The normalized spacial score (nSPS) is 14.9. The van der Waals surface area contributed by atoms with E-state index in [0.29, 0.717) is 34.4 Å². The molecule has 9 nitrogen and oxygen atoms in total. The van der Waals surface area contributed by atoms with Crippen LogP contribution < -0.4 is 9.47 Å². The van der Waals surface area contributed by atoms with Crippen molar-refractivity contribution in [2.45, 2.75) is 29.3 Å². The van der Waals surface area contributed by atoms with Gasteiger partial charge in [-0.05, 0) is 65.2 Å². The summed E-state index contributed by atoms with van der Waals surface area (Å²) in [6.07, 6.45) is -3.92. The van der Waals surface area contributed by atoms with Crippen molar-refractivity contribution in [3.8, 4) is 22.6 Å². The van der Waals surface area contributed by atoms with Gasteiger partial charge < -0.3 is 19.3 Å². The van der Waals surface area contributed by atoms with Crippen molar-refractivity contribution >= 4 is 21.7 Å². The van der Waals surface area contributed by atoms with Crippen LogP contribution in [0.2, 0.25) is 0 Å². The van der Waals surface area contributed by atoms with Crippen LogP contribution in [0.4, 0.5) is 13.2 Å². The maximum Gasteiger partial charge on any atom is 0.434 e. The van der Waals surface area contributed by atoms with E-state index in [1.54, 1.807) is 74.8 Å². The second-order valence-corrected chi connectivity index (χ2v) is 13.2. The van der Waals surface area contributed by atoms with Crippen molar-refractivity contribution in [1.82, 2.24) is 14.8 Å². The highest BCUT2D eigenvalue weighted by Crippen LogP contribution is 2.34. The van der Waals surface area contributed by atoms with Crippen LogP contribution in [0.15, 0.2) is 90.0 Å². The van der Waals surface area contributed by atoms with Crippen LogP contribution in [0, 0.1) is 0 Å². The molecule has 1 aromatic heterocycles. The summed E-state index contributed by atoms with van der Waals surface area (Å²) in [5, 5.41) is 0. The number of methoxy groups -OCH3 is 1. The van der Waals surface area contributed by atoms with Gasteiger partial charge in [-0.1, -0.05) is 30.3 Å². The molecule has 0 radical (unpaired) electrons. The Bertz CT molecular complexity index is 1910. The van der Waals surface area contributed by atoms with E-state index >= 15 is 0 Å². The van der Waals surface area contributed by atoms with E-state index in [1.807, 2.05) is 0 Å². The van der Waals surface area contributed by atoms with Gasteiger partial charge in [0.2, 0.25) is 0 Å². The molecule has 0 N–H and O–H groups in total. The third-order valence-corrected chi connectivity index (χ3v) is 9.35. The first-order valence-corrected chi connectivity index (χ1v) is 16.2. The number of carbonyl (C=O) groups excluding carboxylic acids is 2. The molecule has 0 saturated carbocycles. The molecule has 3 aromatic carbocycles. The van der Waals surface area contributed by atoms with Crippen LogP contribution in [-0.4, -0.2) is 75.4 Å². The molecule has 0 bridgehead atoms. The molecule has 4 aromatic rings. The van der Waals surface area contributed by atoms with Crippen molar-refractivity contribution < 1.29 is 40.7 Å². The fourth-order valence-corrected chi connectivity index (χ4v) is 6.91. The zero-order valence-electron chi connectivity index (χ0n) is 25.8. The van der Waals surface area contributed by atoms with E-state index in [0.717, 1.165) is 12.3 Å². The standard InChI is InChI=1S/C34H32F3N3O6S/c1-39(2)32(41)25-9-5-8-23(18-25)24-12-13-29(45-3)30(19-24)47(43,44)21-22-7-4-10-26(17-22)46-27-14-16-40(20-27)33(42)28-11-6-15-38-31(28)34(35,36)37/h4-13,15,17-19,27H,14,16,20-21H2,1-3H3/t27-/m0/s1. The van der Waals surface area contributed by atoms with E-state index in [1.165, 1.54) is 29.0 Å². The summed E-state index contributed by atoms with van der Waals surface area (Å²) >= 11 is 0. The minimum absolute atomic E-state index is 0.0215. The van der Waals surface area contributed by atoms with Gasteiger partial charge in [-0.25, -0.2) is 8.42 Å². The first-order valence-electron chi connectivity index (χ1n) is 14.6. The Morgan fingerprint density at radius 3 is 2.45 bits per heavy atom. The lowest BCUT2D eigenvalue weighted by Gasteiger charge is -2.19. The maximum absolute atomic E-state index is 13.7. The lowest BCUT2D eigenvalue weighted by Crippen LogP contribution is -2.32.